The van der Waals surface area contributed by atoms with Crippen molar-refractivity contribution in [3.05, 3.63) is 34.1 Å². The van der Waals surface area contributed by atoms with Gasteiger partial charge in [0.05, 0.1) is 4.47 Å². The Hall–Kier alpha value is -0.940. The number of hydrogen-bond acceptors (Lipinski definition) is 2. The number of amides is 1. The molecule has 1 aromatic carbocycles. The molecule has 5 heteroatoms. The minimum atomic E-state index is -0.337. The molecule has 20 heavy (non-hydrogen) atoms. The van der Waals surface area contributed by atoms with Crippen LogP contribution in [-0.2, 0) is 0 Å². The first kappa shape index (κ1) is 14.0. The van der Waals surface area contributed by atoms with Gasteiger partial charge >= 0.3 is 0 Å². The molecule has 0 saturated carbocycles. The zero-order chi connectivity index (χ0) is 14.3. The molecular weight excluding hydrogens is 323 g/mol. The number of likely N-dealkylation sites (N-methyl/N-ethyl adjacent to an activating group) is 1. The average molecular weight is 341 g/mol. The molecule has 1 amide bonds. The number of halogens is 2. The number of fused-ring (bicyclic) bond motifs is 2. The molecule has 0 aromatic heterocycles. The maximum Gasteiger partial charge on any atom is 0.253 e. The van der Waals surface area contributed by atoms with E-state index < -0.39 is 0 Å². The fourth-order valence-corrected chi connectivity index (χ4v) is 3.68. The van der Waals surface area contributed by atoms with E-state index in [0.717, 1.165) is 25.9 Å². The normalized spacial score (nSPS) is 26.6. The quantitative estimate of drug-likeness (QED) is 0.784. The largest absolute Gasteiger partial charge is 0.337 e. The van der Waals surface area contributed by atoms with Crippen LogP contribution in [0.1, 0.15) is 29.6 Å². The summed E-state index contributed by atoms with van der Waals surface area (Å²) in [6.45, 7) is 1.57. The number of nitrogens with zero attached hydrogens (tertiary/aromatic N) is 2. The van der Waals surface area contributed by atoms with Crippen molar-refractivity contribution in [2.24, 2.45) is 0 Å². The summed E-state index contributed by atoms with van der Waals surface area (Å²) in [5.41, 5.74) is 0.554. The molecule has 0 aliphatic carbocycles. The topological polar surface area (TPSA) is 23.6 Å². The van der Waals surface area contributed by atoms with Crippen LogP contribution in [-0.4, -0.2) is 47.9 Å². The van der Waals surface area contributed by atoms with Gasteiger partial charge in [0.15, 0.2) is 0 Å². The van der Waals surface area contributed by atoms with Crippen molar-refractivity contribution in [1.29, 1.82) is 0 Å². The second-order valence-corrected chi connectivity index (χ2v) is 6.57. The fraction of sp³-hybridized carbons (Fsp3) is 0.533. The van der Waals surface area contributed by atoms with E-state index >= 15 is 0 Å². The predicted molar refractivity (Wildman–Crippen MR) is 79.2 cm³/mol. The summed E-state index contributed by atoms with van der Waals surface area (Å²) in [7, 11) is 2.16. The monoisotopic (exact) mass is 340 g/mol. The van der Waals surface area contributed by atoms with Crippen LogP contribution in [0.15, 0.2) is 22.7 Å². The summed E-state index contributed by atoms with van der Waals surface area (Å²) in [5, 5.41) is 0. The molecule has 2 aliphatic rings. The van der Waals surface area contributed by atoms with Gasteiger partial charge in [-0.05, 0) is 60.4 Å². The molecule has 2 aliphatic heterocycles. The van der Waals surface area contributed by atoms with Crippen LogP contribution in [0.3, 0.4) is 0 Å². The average Bonchev–Trinajstić information content (AvgIpc) is 2.66. The Morgan fingerprint density at radius 1 is 1.30 bits per heavy atom. The van der Waals surface area contributed by atoms with Crippen molar-refractivity contribution in [3.63, 3.8) is 0 Å². The van der Waals surface area contributed by atoms with Crippen LogP contribution in [0.4, 0.5) is 4.39 Å². The zero-order valence-corrected chi connectivity index (χ0v) is 13.1. The molecule has 3 rings (SSSR count). The van der Waals surface area contributed by atoms with Crippen molar-refractivity contribution in [1.82, 2.24) is 9.80 Å². The molecule has 2 fully saturated rings. The maximum atomic E-state index is 13.3. The highest BCUT2D eigenvalue weighted by Gasteiger charge is 2.36. The summed E-state index contributed by atoms with van der Waals surface area (Å²) in [4.78, 5) is 16.9. The van der Waals surface area contributed by atoms with E-state index in [9.17, 15) is 9.18 Å². The summed E-state index contributed by atoms with van der Waals surface area (Å²) >= 11 is 3.14. The first-order valence-corrected chi connectivity index (χ1v) is 7.82. The van der Waals surface area contributed by atoms with Crippen molar-refractivity contribution in [2.45, 2.75) is 31.3 Å². The van der Waals surface area contributed by atoms with E-state index in [4.69, 9.17) is 0 Å². The highest BCUT2D eigenvalue weighted by Crippen LogP contribution is 2.29. The van der Waals surface area contributed by atoms with Gasteiger partial charge in [0.25, 0.3) is 5.91 Å². The fourth-order valence-electron chi connectivity index (χ4n) is 3.30. The molecule has 0 N–H and O–H groups in total. The Labute approximate surface area is 126 Å². The summed E-state index contributed by atoms with van der Waals surface area (Å²) < 4.78 is 13.6. The standard InChI is InChI=1S/C15H18BrFN2O/c1-18-11-3-4-12(18)9-19(7-6-11)15(20)10-2-5-14(17)13(16)8-10/h2,5,8,11-12H,3-4,6-7,9H2,1H3. The number of hydrogen-bond donors (Lipinski definition) is 0. The molecule has 1 aromatic rings. The predicted octanol–water partition coefficient (Wildman–Crippen LogP) is 2.90. The van der Waals surface area contributed by atoms with Crippen molar-refractivity contribution >= 4 is 21.8 Å². The van der Waals surface area contributed by atoms with Gasteiger partial charge in [-0.25, -0.2) is 4.39 Å². The first-order valence-electron chi connectivity index (χ1n) is 7.02. The minimum Gasteiger partial charge on any atom is -0.337 e. The van der Waals surface area contributed by atoms with Crippen molar-refractivity contribution < 1.29 is 9.18 Å². The lowest BCUT2D eigenvalue weighted by molar-refractivity contribution is 0.0740. The Balaban J connectivity index is 1.78. The van der Waals surface area contributed by atoms with E-state index in [1.807, 2.05) is 4.90 Å². The molecule has 2 atom stereocenters. The van der Waals surface area contributed by atoms with Gasteiger partial charge in [0.1, 0.15) is 5.82 Å². The smallest absolute Gasteiger partial charge is 0.253 e. The Bertz CT molecular complexity index is 537. The van der Waals surface area contributed by atoms with Crippen LogP contribution in [0.5, 0.6) is 0 Å². The van der Waals surface area contributed by atoms with Gasteiger partial charge in [0, 0.05) is 30.7 Å². The van der Waals surface area contributed by atoms with Crippen LogP contribution in [0.25, 0.3) is 0 Å². The number of carbonyl (C=O) groups excluding carboxylic acids is 1. The summed E-state index contributed by atoms with van der Waals surface area (Å²) in [6.07, 6.45) is 3.43. The van der Waals surface area contributed by atoms with E-state index in [-0.39, 0.29) is 11.7 Å². The molecule has 3 nitrogen and oxygen atoms in total. The first-order chi connectivity index (χ1) is 9.56. The lowest BCUT2D eigenvalue weighted by Crippen LogP contribution is -2.39. The molecular formula is C15H18BrFN2O. The number of rotatable bonds is 1. The van der Waals surface area contributed by atoms with E-state index in [0.29, 0.717) is 22.1 Å². The highest BCUT2D eigenvalue weighted by molar-refractivity contribution is 9.10. The molecule has 108 valence electrons. The van der Waals surface area contributed by atoms with E-state index in [2.05, 4.69) is 27.9 Å². The Morgan fingerprint density at radius 3 is 2.80 bits per heavy atom. The van der Waals surface area contributed by atoms with Gasteiger partial charge in [-0.15, -0.1) is 0 Å². The second-order valence-electron chi connectivity index (χ2n) is 5.72. The zero-order valence-electron chi connectivity index (χ0n) is 11.5. The summed E-state index contributed by atoms with van der Waals surface area (Å²) in [6, 6.07) is 5.56. The molecule has 2 heterocycles. The molecule has 0 radical (unpaired) electrons. The van der Waals surface area contributed by atoms with Crippen molar-refractivity contribution in [2.75, 3.05) is 20.1 Å². The van der Waals surface area contributed by atoms with Crippen LogP contribution < -0.4 is 0 Å². The van der Waals surface area contributed by atoms with Gasteiger partial charge in [0.2, 0.25) is 0 Å². The second kappa shape index (κ2) is 5.45. The number of likely N-dealkylation sites (tertiary alicyclic amines) is 1. The van der Waals surface area contributed by atoms with Gasteiger partial charge in [-0.3, -0.25) is 9.69 Å². The van der Waals surface area contributed by atoms with Crippen LogP contribution in [0.2, 0.25) is 0 Å². The van der Waals surface area contributed by atoms with Crippen molar-refractivity contribution in [3.8, 4) is 0 Å². The third-order valence-corrected chi connectivity index (χ3v) is 5.21. The highest BCUT2D eigenvalue weighted by atomic mass is 79.9. The Kier molecular flexibility index (Phi) is 3.82. The van der Waals surface area contributed by atoms with Gasteiger partial charge in [-0.1, -0.05) is 0 Å². The molecule has 2 bridgehead atoms. The summed E-state index contributed by atoms with van der Waals surface area (Å²) in [5.74, 6) is -0.331. The SMILES string of the molecule is CN1C2CCC1CN(C(=O)c1ccc(F)c(Br)c1)CC2. The third kappa shape index (κ3) is 2.49. The van der Waals surface area contributed by atoms with E-state index in [1.54, 1.807) is 12.1 Å². The number of carbonyl (C=O) groups is 1. The van der Waals surface area contributed by atoms with Crippen LogP contribution >= 0.6 is 15.9 Å². The number of benzene rings is 1. The minimum absolute atomic E-state index is 0.00616. The van der Waals surface area contributed by atoms with Crippen LogP contribution in [0, 0.1) is 5.82 Å². The third-order valence-electron chi connectivity index (χ3n) is 4.60. The maximum absolute atomic E-state index is 13.3. The van der Waals surface area contributed by atoms with Gasteiger partial charge < -0.3 is 4.90 Å². The molecule has 2 saturated heterocycles. The van der Waals surface area contributed by atoms with E-state index in [1.165, 1.54) is 12.5 Å². The lowest BCUT2D eigenvalue weighted by Gasteiger charge is -2.26. The molecule has 0 spiro atoms. The molecule has 2 unspecified atom stereocenters. The Morgan fingerprint density at radius 2 is 2.05 bits per heavy atom. The lowest BCUT2D eigenvalue weighted by atomic mass is 10.1. The van der Waals surface area contributed by atoms with Gasteiger partial charge in [-0.2, -0.15) is 0 Å².